The van der Waals surface area contributed by atoms with Crippen LogP contribution in [0.15, 0.2) is 12.1 Å². The summed E-state index contributed by atoms with van der Waals surface area (Å²) in [4.78, 5) is 2.01. The summed E-state index contributed by atoms with van der Waals surface area (Å²) in [6, 6.07) is 3.90. The first kappa shape index (κ1) is 10.2. The maximum absolute atomic E-state index is 13.8. The molecule has 1 nitrogen and oxygen atoms in total. The number of fused-ring (bicyclic) bond motifs is 1. The quantitative estimate of drug-likeness (QED) is 0.666. The average molecular weight is 305 g/mol. The molecule has 2 rings (SSSR count). The van der Waals surface area contributed by atoms with Crippen LogP contribution in [0.25, 0.3) is 0 Å². The molecule has 0 unspecified atom stereocenters. The van der Waals surface area contributed by atoms with Crippen molar-refractivity contribution < 1.29 is 4.39 Å². The zero-order valence-electron chi connectivity index (χ0n) is 8.56. The Balaban J connectivity index is 2.69. The van der Waals surface area contributed by atoms with E-state index in [4.69, 9.17) is 0 Å². The molecule has 0 aromatic heterocycles. The molecule has 0 fully saturated rings. The van der Waals surface area contributed by atoms with Crippen molar-refractivity contribution in [3.8, 4) is 0 Å². The summed E-state index contributed by atoms with van der Waals surface area (Å²) < 4.78 is 14.5. The van der Waals surface area contributed by atoms with Crippen LogP contribution in [0.4, 0.5) is 10.1 Å². The Morgan fingerprint density at radius 2 is 2.07 bits per heavy atom. The van der Waals surface area contributed by atoms with Gasteiger partial charge in [-0.1, -0.05) is 19.9 Å². The fraction of sp³-hybridized carbons (Fsp3) is 0.455. The minimum atomic E-state index is -0.0730. The van der Waals surface area contributed by atoms with Gasteiger partial charge in [0.1, 0.15) is 0 Å². The number of likely N-dealkylation sites (N-methyl/N-ethyl adjacent to an activating group) is 1. The van der Waals surface area contributed by atoms with Gasteiger partial charge in [-0.25, -0.2) is 4.39 Å². The number of anilines is 1. The molecule has 0 saturated carbocycles. The zero-order chi connectivity index (χ0) is 10.5. The van der Waals surface area contributed by atoms with E-state index in [9.17, 15) is 4.39 Å². The lowest BCUT2D eigenvalue weighted by Crippen LogP contribution is -2.25. The van der Waals surface area contributed by atoms with Crippen molar-refractivity contribution in [2.75, 3.05) is 18.5 Å². The van der Waals surface area contributed by atoms with Crippen molar-refractivity contribution in [1.82, 2.24) is 0 Å². The molecule has 14 heavy (non-hydrogen) atoms. The van der Waals surface area contributed by atoms with Gasteiger partial charge in [0.2, 0.25) is 0 Å². The van der Waals surface area contributed by atoms with Gasteiger partial charge in [-0.3, -0.25) is 0 Å². The zero-order valence-corrected chi connectivity index (χ0v) is 10.7. The first-order valence-corrected chi connectivity index (χ1v) is 5.71. The highest BCUT2D eigenvalue weighted by atomic mass is 127. The smallest absolute Gasteiger partial charge is 0.160 e. The molecule has 0 saturated heterocycles. The highest BCUT2D eigenvalue weighted by Crippen LogP contribution is 2.42. The molecular weight excluding hydrogens is 292 g/mol. The summed E-state index contributed by atoms with van der Waals surface area (Å²) in [7, 11) is 1.95. The van der Waals surface area contributed by atoms with Gasteiger partial charge < -0.3 is 4.90 Å². The van der Waals surface area contributed by atoms with E-state index in [0.29, 0.717) is 3.57 Å². The highest BCUT2D eigenvalue weighted by molar-refractivity contribution is 14.1. The van der Waals surface area contributed by atoms with Gasteiger partial charge in [-0.15, -0.1) is 0 Å². The Kier molecular flexibility index (Phi) is 2.25. The van der Waals surface area contributed by atoms with Gasteiger partial charge in [0.15, 0.2) is 5.82 Å². The second kappa shape index (κ2) is 3.08. The summed E-state index contributed by atoms with van der Waals surface area (Å²) in [5.74, 6) is -0.0730. The van der Waals surface area contributed by atoms with Crippen molar-refractivity contribution in [3.05, 3.63) is 27.1 Å². The van der Waals surface area contributed by atoms with Crippen LogP contribution in [0.3, 0.4) is 0 Å². The van der Waals surface area contributed by atoms with Gasteiger partial charge in [-0.05, 0) is 34.2 Å². The third kappa shape index (κ3) is 1.33. The van der Waals surface area contributed by atoms with Crippen LogP contribution in [0.2, 0.25) is 0 Å². The standard InChI is InChI=1S/C11H13FIN/c1-11(2)6-14(3)10-7(11)4-5-8(13)9(10)12/h4-5H,6H2,1-3H3. The minimum Gasteiger partial charge on any atom is -0.371 e. The van der Waals surface area contributed by atoms with E-state index >= 15 is 0 Å². The second-order valence-corrected chi connectivity index (χ2v) is 5.66. The Bertz CT molecular complexity index is 387. The molecule has 0 aliphatic carbocycles. The van der Waals surface area contributed by atoms with E-state index in [0.717, 1.165) is 17.8 Å². The number of halogens is 2. The van der Waals surface area contributed by atoms with Crippen LogP contribution in [0.1, 0.15) is 19.4 Å². The molecule has 1 aliphatic heterocycles. The molecule has 1 aliphatic rings. The molecule has 0 atom stereocenters. The number of benzene rings is 1. The summed E-state index contributed by atoms with van der Waals surface area (Å²) in [6.07, 6.45) is 0. The number of hydrogen-bond donors (Lipinski definition) is 0. The van der Waals surface area contributed by atoms with E-state index in [1.165, 1.54) is 0 Å². The lowest BCUT2D eigenvalue weighted by Gasteiger charge is -2.18. The first-order chi connectivity index (χ1) is 6.43. The van der Waals surface area contributed by atoms with E-state index in [2.05, 4.69) is 13.8 Å². The summed E-state index contributed by atoms with van der Waals surface area (Å²) in [5, 5.41) is 0. The highest BCUT2D eigenvalue weighted by Gasteiger charge is 2.35. The van der Waals surface area contributed by atoms with Crippen LogP contribution >= 0.6 is 22.6 Å². The summed E-state index contributed by atoms with van der Waals surface area (Å²) in [5.41, 5.74) is 1.97. The monoisotopic (exact) mass is 305 g/mol. The van der Waals surface area contributed by atoms with Crippen LogP contribution in [0, 0.1) is 9.39 Å². The van der Waals surface area contributed by atoms with E-state index in [1.54, 1.807) is 0 Å². The fourth-order valence-electron chi connectivity index (χ4n) is 2.22. The topological polar surface area (TPSA) is 3.24 Å². The Morgan fingerprint density at radius 1 is 1.43 bits per heavy atom. The molecule has 76 valence electrons. The predicted octanol–water partition coefficient (Wildman–Crippen LogP) is 3.16. The average Bonchev–Trinajstić information content (AvgIpc) is 2.29. The van der Waals surface area contributed by atoms with Crippen LogP contribution in [0.5, 0.6) is 0 Å². The van der Waals surface area contributed by atoms with E-state index in [-0.39, 0.29) is 11.2 Å². The normalized spacial score (nSPS) is 18.5. The number of rotatable bonds is 0. The van der Waals surface area contributed by atoms with E-state index < -0.39 is 0 Å². The molecular formula is C11H13FIN. The SMILES string of the molecule is CN1CC(C)(C)c2ccc(I)c(F)c21. The van der Waals surface area contributed by atoms with Gasteiger partial charge in [0.25, 0.3) is 0 Å². The van der Waals surface area contributed by atoms with Crippen LogP contribution in [-0.4, -0.2) is 13.6 Å². The van der Waals surface area contributed by atoms with Gasteiger partial charge >= 0.3 is 0 Å². The van der Waals surface area contributed by atoms with Crippen molar-refractivity contribution >= 4 is 28.3 Å². The predicted molar refractivity (Wildman–Crippen MR) is 65.4 cm³/mol. The Labute approximate surface area is 97.4 Å². The minimum absolute atomic E-state index is 0.0647. The van der Waals surface area contributed by atoms with Gasteiger partial charge in [0.05, 0.1) is 9.26 Å². The second-order valence-electron chi connectivity index (χ2n) is 4.50. The first-order valence-electron chi connectivity index (χ1n) is 4.63. The lowest BCUT2D eigenvalue weighted by molar-refractivity contribution is 0.563. The maximum Gasteiger partial charge on any atom is 0.160 e. The van der Waals surface area contributed by atoms with E-state index in [1.807, 2.05) is 46.7 Å². The maximum atomic E-state index is 13.8. The van der Waals surface area contributed by atoms with Crippen molar-refractivity contribution in [1.29, 1.82) is 0 Å². The molecule has 0 radical (unpaired) electrons. The van der Waals surface area contributed by atoms with Crippen molar-refractivity contribution in [2.24, 2.45) is 0 Å². The molecule has 0 bridgehead atoms. The molecule has 1 aromatic rings. The summed E-state index contributed by atoms with van der Waals surface area (Å²) >= 11 is 2.04. The lowest BCUT2D eigenvalue weighted by atomic mass is 9.87. The summed E-state index contributed by atoms with van der Waals surface area (Å²) in [6.45, 7) is 5.20. The molecule has 1 aromatic carbocycles. The molecule has 0 amide bonds. The molecule has 3 heteroatoms. The number of hydrogen-bond acceptors (Lipinski definition) is 1. The number of nitrogens with zero attached hydrogens (tertiary/aromatic N) is 1. The fourth-order valence-corrected chi connectivity index (χ4v) is 2.65. The largest absolute Gasteiger partial charge is 0.371 e. The van der Waals surface area contributed by atoms with Gasteiger partial charge in [-0.2, -0.15) is 0 Å². The van der Waals surface area contributed by atoms with Crippen molar-refractivity contribution in [2.45, 2.75) is 19.3 Å². The van der Waals surface area contributed by atoms with Crippen LogP contribution < -0.4 is 4.90 Å². The van der Waals surface area contributed by atoms with Crippen molar-refractivity contribution in [3.63, 3.8) is 0 Å². The Hall–Kier alpha value is -0.320. The third-order valence-corrected chi connectivity index (χ3v) is 3.65. The molecule has 0 spiro atoms. The molecule has 0 N–H and O–H groups in total. The van der Waals surface area contributed by atoms with Gasteiger partial charge in [0, 0.05) is 19.0 Å². The van der Waals surface area contributed by atoms with Crippen LogP contribution in [-0.2, 0) is 5.41 Å². The Morgan fingerprint density at radius 3 is 2.71 bits per heavy atom. The molecule has 1 heterocycles. The third-order valence-electron chi connectivity index (χ3n) is 2.81.